The molecule has 0 aliphatic rings. The number of carbonyl (C=O) groups is 1. The molecule has 0 unspecified atom stereocenters. The van der Waals surface area contributed by atoms with Crippen LogP contribution in [-0.2, 0) is 17.9 Å². The van der Waals surface area contributed by atoms with Gasteiger partial charge in [0, 0.05) is 24.9 Å². The Morgan fingerprint density at radius 2 is 1.52 bits per heavy atom. The molecule has 0 fully saturated rings. The van der Waals surface area contributed by atoms with E-state index in [1.807, 2.05) is 66.7 Å². The minimum absolute atomic E-state index is 0.0218. The van der Waals surface area contributed by atoms with Crippen molar-refractivity contribution in [2.24, 2.45) is 0 Å². The Hall–Kier alpha value is -3.73. The number of aryl methyl sites for hydroxylation is 1. The molecule has 1 amide bonds. The zero-order chi connectivity index (χ0) is 19.6. The van der Waals surface area contributed by atoms with Gasteiger partial charge < -0.3 is 9.88 Å². The number of nitrogens with one attached hydrogen (secondary N) is 1. The first-order valence-corrected chi connectivity index (χ1v) is 9.74. The lowest BCUT2D eigenvalue weighted by Crippen LogP contribution is -2.23. The van der Waals surface area contributed by atoms with Crippen molar-refractivity contribution in [2.75, 3.05) is 0 Å². The number of nitrogens with zero attached hydrogens (tertiary/aromatic N) is 3. The van der Waals surface area contributed by atoms with Crippen LogP contribution < -0.4 is 5.32 Å². The number of hydrogen-bond donors (Lipinski definition) is 1. The Kier molecular flexibility index (Phi) is 4.41. The molecule has 29 heavy (non-hydrogen) atoms. The van der Waals surface area contributed by atoms with Crippen molar-refractivity contribution in [3.8, 4) is 0 Å². The summed E-state index contributed by atoms with van der Waals surface area (Å²) in [5.74, 6) is 0.0218. The Morgan fingerprint density at radius 1 is 0.828 bits per heavy atom. The molecule has 0 aliphatic heterocycles. The highest BCUT2D eigenvalue weighted by atomic mass is 16.1. The molecule has 5 rings (SSSR count). The molecule has 0 radical (unpaired) electrons. The van der Waals surface area contributed by atoms with Crippen molar-refractivity contribution in [3.63, 3.8) is 0 Å². The molecule has 2 aromatic heterocycles. The van der Waals surface area contributed by atoms with E-state index in [1.54, 1.807) is 0 Å². The van der Waals surface area contributed by atoms with Gasteiger partial charge in [-0.25, -0.2) is 9.97 Å². The van der Waals surface area contributed by atoms with Gasteiger partial charge in [0.15, 0.2) is 5.65 Å². The van der Waals surface area contributed by atoms with Crippen LogP contribution in [0.1, 0.15) is 12.0 Å². The molecule has 2 heterocycles. The smallest absolute Gasteiger partial charge is 0.222 e. The summed E-state index contributed by atoms with van der Waals surface area (Å²) in [5, 5.41) is 4.06. The molecule has 5 aromatic rings. The third-order valence-electron chi connectivity index (χ3n) is 5.15. The lowest BCUT2D eigenvalue weighted by Gasteiger charge is -2.08. The van der Waals surface area contributed by atoms with Crippen LogP contribution in [0.2, 0.25) is 0 Å². The maximum absolute atomic E-state index is 12.4. The van der Waals surface area contributed by atoms with E-state index in [0.29, 0.717) is 19.5 Å². The molecule has 0 bridgehead atoms. The Bertz CT molecular complexity index is 1320. The first kappa shape index (κ1) is 17.4. The van der Waals surface area contributed by atoms with Crippen molar-refractivity contribution < 1.29 is 4.79 Å². The van der Waals surface area contributed by atoms with Crippen molar-refractivity contribution >= 4 is 39.0 Å². The normalized spacial score (nSPS) is 11.3. The summed E-state index contributed by atoms with van der Waals surface area (Å²) in [6.07, 6.45) is 0.384. The molecule has 1 N–H and O–H groups in total. The van der Waals surface area contributed by atoms with Crippen molar-refractivity contribution in [1.29, 1.82) is 0 Å². The fourth-order valence-electron chi connectivity index (χ4n) is 3.71. The molecule has 142 valence electrons. The molecule has 5 nitrogen and oxygen atoms in total. The van der Waals surface area contributed by atoms with Crippen LogP contribution in [-0.4, -0.2) is 20.4 Å². The summed E-state index contributed by atoms with van der Waals surface area (Å²) in [7, 11) is 0. The van der Waals surface area contributed by atoms with E-state index < -0.39 is 0 Å². The van der Waals surface area contributed by atoms with Gasteiger partial charge in [0.25, 0.3) is 0 Å². The predicted molar refractivity (Wildman–Crippen MR) is 115 cm³/mol. The van der Waals surface area contributed by atoms with E-state index in [2.05, 4.69) is 22.0 Å². The van der Waals surface area contributed by atoms with Crippen LogP contribution in [0, 0.1) is 0 Å². The highest BCUT2D eigenvalue weighted by Gasteiger charge is 2.15. The maximum Gasteiger partial charge on any atom is 0.222 e. The molecule has 5 heteroatoms. The minimum atomic E-state index is 0.0218. The van der Waals surface area contributed by atoms with Crippen LogP contribution in [0.3, 0.4) is 0 Å². The molecule has 0 saturated heterocycles. The zero-order valence-electron chi connectivity index (χ0n) is 15.9. The van der Waals surface area contributed by atoms with Crippen molar-refractivity contribution in [3.05, 3.63) is 84.4 Å². The fraction of sp³-hybridized carbons (Fsp3) is 0.125. The molecule has 0 saturated carbocycles. The summed E-state index contributed by atoms with van der Waals surface area (Å²) in [4.78, 5) is 22.1. The number of hydrogen-bond acceptors (Lipinski definition) is 3. The lowest BCUT2D eigenvalue weighted by molar-refractivity contribution is -0.121. The summed E-state index contributed by atoms with van der Waals surface area (Å²) < 4.78 is 2.10. The second kappa shape index (κ2) is 7.36. The van der Waals surface area contributed by atoms with Crippen LogP contribution >= 0.6 is 0 Å². The highest BCUT2D eigenvalue weighted by Crippen LogP contribution is 2.28. The van der Waals surface area contributed by atoms with Gasteiger partial charge in [-0.3, -0.25) is 4.79 Å². The van der Waals surface area contributed by atoms with E-state index in [4.69, 9.17) is 9.97 Å². The zero-order valence-corrected chi connectivity index (χ0v) is 15.9. The second-order valence-corrected chi connectivity index (χ2v) is 7.07. The number of carbonyl (C=O) groups excluding carboxylic acids is 1. The van der Waals surface area contributed by atoms with E-state index >= 15 is 0 Å². The number of benzene rings is 3. The van der Waals surface area contributed by atoms with Crippen LogP contribution in [0.25, 0.3) is 33.1 Å². The SMILES string of the molecule is O=C(CCn1c2ccccc2c2nc3ccccc3nc21)NCc1ccccc1. The number of amides is 1. The van der Waals surface area contributed by atoms with Gasteiger partial charge in [-0.05, 0) is 23.8 Å². The van der Waals surface area contributed by atoms with Crippen LogP contribution in [0.15, 0.2) is 78.9 Å². The number of para-hydroxylation sites is 3. The molecule has 3 aromatic carbocycles. The highest BCUT2D eigenvalue weighted by molar-refractivity contribution is 6.06. The standard InChI is InChI=1S/C24H20N4O/c29-22(25-16-17-8-2-1-3-9-17)14-15-28-21-13-7-4-10-18(21)23-24(28)27-20-12-6-5-11-19(20)26-23/h1-13H,14-16H2,(H,25,29). The lowest BCUT2D eigenvalue weighted by atomic mass is 10.2. The van der Waals surface area contributed by atoms with Crippen molar-refractivity contribution in [1.82, 2.24) is 19.9 Å². The average Bonchev–Trinajstić information content (AvgIpc) is 3.08. The Morgan fingerprint density at radius 3 is 2.34 bits per heavy atom. The molecule has 0 aliphatic carbocycles. The first-order valence-electron chi connectivity index (χ1n) is 9.74. The van der Waals surface area contributed by atoms with Gasteiger partial charge in [-0.1, -0.05) is 60.7 Å². The monoisotopic (exact) mass is 380 g/mol. The predicted octanol–water partition coefficient (Wildman–Crippen LogP) is 4.44. The number of aromatic nitrogens is 3. The Labute approximate surface area is 168 Å². The molecular formula is C24H20N4O. The van der Waals surface area contributed by atoms with Gasteiger partial charge in [0.05, 0.1) is 16.6 Å². The topological polar surface area (TPSA) is 59.8 Å². The largest absolute Gasteiger partial charge is 0.352 e. The molecule has 0 atom stereocenters. The van der Waals surface area contributed by atoms with Crippen molar-refractivity contribution in [2.45, 2.75) is 19.5 Å². The van der Waals surface area contributed by atoms with Gasteiger partial charge in [-0.15, -0.1) is 0 Å². The number of rotatable bonds is 5. The number of fused-ring (bicyclic) bond motifs is 4. The van der Waals surface area contributed by atoms with E-state index in [0.717, 1.165) is 38.7 Å². The van der Waals surface area contributed by atoms with Gasteiger partial charge >= 0.3 is 0 Å². The summed E-state index contributed by atoms with van der Waals surface area (Å²) in [6.45, 7) is 1.09. The Balaban J connectivity index is 1.45. The van der Waals surface area contributed by atoms with E-state index in [9.17, 15) is 4.79 Å². The quantitative estimate of drug-likeness (QED) is 0.490. The third kappa shape index (κ3) is 3.31. The molecule has 0 spiro atoms. The van der Waals surface area contributed by atoms with Crippen LogP contribution in [0.5, 0.6) is 0 Å². The van der Waals surface area contributed by atoms with E-state index in [-0.39, 0.29) is 5.91 Å². The van der Waals surface area contributed by atoms with Gasteiger partial charge in [0.2, 0.25) is 5.91 Å². The fourth-order valence-corrected chi connectivity index (χ4v) is 3.71. The maximum atomic E-state index is 12.4. The second-order valence-electron chi connectivity index (χ2n) is 7.07. The van der Waals surface area contributed by atoms with Gasteiger partial charge in [0.1, 0.15) is 5.52 Å². The van der Waals surface area contributed by atoms with E-state index in [1.165, 1.54) is 0 Å². The summed E-state index contributed by atoms with van der Waals surface area (Å²) in [6, 6.07) is 26.0. The van der Waals surface area contributed by atoms with Gasteiger partial charge in [-0.2, -0.15) is 0 Å². The summed E-state index contributed by atoms with van der Waals surface area (Å²) >= 11 is 0. The summed E-state index contributed by atoms with van der Waals surface area (Å²) in [5.41, 5.74) is 5.58. The van der Waals surface area contributed by atoms with Crippen LogP contribution in [0.4, 0.5) is 0 Å². The third-order valence-corrected chi connectivity index (χ3v) is 5.15. The molecular weight excluding hydrogens is 360 g/mol. The minimum Gasteiger partial charge on any atom is -0.352 e. The first-order chi connectivity index (χ1) is 14.3. The average molecular weight is 380 g/mol.